The lowest BCUT2D eigenvalue weighted by molar-refractivity contribution is 0.669. The molecule has 0 radical (unpaired) electrons. The molecule has 0 spiro atoms. The molecule has 0 atom stereocenters. The largest absolute Gasteiger partial charge is 0.456 e. The summed E-state index contributed by atoms with van der Waals surface area (Å²) < 4.78 is 9.26. The fraction of sp³-hybridized carbons (Fsp3) is 0. The van der Waals surface area contributed by atoms with Crippen LogP contribution < -0.4 is 0 Å². The van der Waals surface area contributed by atoms with Crippen molar-refractivity contribution in [2.24, 2.45) is 0 Å². The fourth-order valence-electron chi connectivity index (χ4n) is 7.87. The van der Waals surface area contributed by atoms with E-state index in [4.69, 9.17) is 19.4 Å². The van der Waals surface area contributed by atoms with Crippen LogP contribution in [0, 0.1) is 0 Å². The van der Waals surface area contributed by atoms with Gasteiger partial charge in [0.1, 0.15) is 11.2 Å². The molecule has 0 saturated heterocycles. The molecule has 0 unspecified atom stereocenters. The van der Waals surface area contributed by atoms with Gasteiger partial charge in [0.05, 0.1) is 0 Å². The van der Waals surface area contributed by atoms with Crippen molar-refractivity contribution < 1.29 is 4.42 Å². The maximum Gasteiger partial charge on any atom is 0.164 e. The van der Waals surface area contributed by atoms with E-state index in [0.29, 0.717) is 17.5 Å². The van der Waals surface area contributed by atoms with Gasteiger partial charge in [0.25, 0.3) is 0 Å². The minimum absolute atomic E-state index is 0.589. The number of fused-ring (bicyclic) bond motifs is 6. The summed E-state index contributed by atoms with van der Waals surface area (Å²) >= 11 is 1.85. The normalized spacial score (nSPS) is 11.6. The number of rotatable bonds is 6. The second-order valence-electron chi connectivity index (χ2n) is 14.0. The standard InChI is InChI=1S/C51H31N3OS/c1-3-13-32(14-4-1)34-17-11-18-36(29-34)50-52-49(33-15-5-2-6-16-33)53-51(54-50)37-26-28-41-40-27-25-35(30-44(40)55-45(41)31-37)38-19-7-8-20-39(38)42-22-12-24-47-48(42)43-21-9-10-23-46(43)56-47/h1-31H. The van der Waals surface area contributed by atoms with E-state index in [-0.39, 0.29) is 0 Å². The van der Waals surface area contributed by atoms with Gasteiger partial charge in [-0.05, 0) is 75.8 Å². The monoisotopic (exact) mass is 733 g/mol. The highest BCUT2D eigenvalue weighted by Gasteiger charge is 2.18. The van der Waals surface area contributed by atoms with E-state index in [9.17, 15) is 0 Å². The number of furan rings is 1. The third kappa shape index (κ3) is 5.56. The highest BCUT2D eigenvalue weighted by atomic mass is 32.1. The molecule has 0 amide bonds. The van der Waals surface area contributed by atoms with Gasteiger partial charge in [-0.15, -0.1) is 11.3 Å². The molecule has 8 aromatic carbocycles. The number of aromatic nitrogens is 3. The van der Waals surface area contributed by atoms with Gasteiger partial charge >= 0.3 is 0 Å². The van der Waals surface area contributed by atoms with Gasteiger partial charge in [0.15, 0.2) is 17.5 Å². The predicted octanol–water partition coefficient (Wildman–Crippen LogP) is 14.1. The van der Waals surface area contributed by atoms with E-state index in [0.717, 1.165) is 55.3 Å². The molecule has 11 rings (SSSR count). The molecule has 0 N–H and O–H groups in total. The zero-order chi connectivity index (χ0) is 37.0. The van der Waals surface area contributed by atoms with Crippen LogP contribution >= 0.6 is 11.3 Å². The topological polar surface area (TPSA) is 51.8 Å². The molecule has 0 aliphatic carbocycles. The van der Waals surface area contributed by atoms with E-state index < -0.39 is 0 Å². The maximum absolute atomic E-state index is 6.66. The lowest BCUT2D eigenvalue weighted by atomic mass is 9.91. The van der Waals surface area contributed by atoms with Crippen molar-refractivity contribution in [2.75, 3.05) is 0 Å². The molecular weight excluding hydrogens is 703 g/mol. The Morgan fingerprint density at radius 3 is 1.61 bits per heavy atom. The number of nitrogens with zero attached hydrogens (tertiary/aromatic N) is 3. The first-order valence-corrected chi connectivity index (χ1v) is 19.5. The minimum Gasteiger partial charge on any atom is -0.456 e. The first-order chi connectivity index (χ1) is 27.7. The SMILES string of the molecule is c1ccc(-c2cccc(-c3nc(-c4ccccc4)nc(-c4ccc5c(c4)oc4cc(-c6ccccc6-c6cccc7sc8ccccc8c67)ccc45)n3)c2)cc1. The van der Waals surface area contributed by atoms with E-state index in [1.807, 2.05) is 47.7 Å². The second-order valence-corrected chi connectivity index (χ2v) is 15.0. The van der Waals surface area contributed by atoms with E-state index in [1.165, 1.54) is 36.9 Å². The minimum atomic E-state index is 0.589. The number of benzene rings is 8. The summed E-state index contributed by atoms with van der Waals surface area (Å²) in [5.41, 5.74) is 11.3. The number of thiophene rings is 1. The van der Waals surface area contributed by atoms with Gasteiger partial charge in [-0.25, -0.2) is 15.0 Å². The Morgan fingerprint density at radius 2 is 0.839 bits per heavy atom. The summed E-state index contributed by atoms with van der Waals surface area (Å²) in [4.78, 5) is 15.0. The molecule has 3 aromatic heterocycles. The Kier molecular flexibility index (Phi) is 7.64. The van der Waals surface area contributed by atoms with Crippen LogP contribution in [0.15, 0.2) is 192 Å². The molecular formula is C51H31N3OS. The molecule has 262 valence electrons. The zero-order valence-electron chi connectivity index (χ0n) is 30.1. The van der Waals surface area contributed by atoms with Gasteiger partial charge < -0.3 is 4.42 Å². The summed E-state index contributed by atoms with van der Waals surface area (Å²) in [6, 6.07) is 65.7. The Hall–Kier alpha value is -7.21. The van der Waals surface area contributed by atoms with Gasteiger partial charge in [-0.1, -0.05) is 146 Å². The molecule has 56 heavy (non-hydrogen) atoms. The fourth-order valence-corrected chi connectivity index (χ4v) is 9.00. The van der Waals surface area contributed by atoms with Crippen LogP contribution in [0.3, 0.4) is 0 Å². The molecule has 0 aliphatic heterocycles. The molecule has 4 nitrogen and oxygen atoms in total. The van der Waals surface area contributed by atoms with Crippen molar-refractivity contribution in [1.29, 1.82) is 0 Å². The summed E-state index contributed by atoms with van der Waals surface area (Å²) in [7, 11) is 0. The van der Waals surface area contributed by atoms with Crippen LogP contribution in [0.25, 0.3) is 110 Å². The van der Waals surface area contributed by atoms with Crippen LogP contribution in [0.2, 0.25) is 0 Å². The smallest absolute Gasteiger partial charge is 0.164 e. The van der Waals surface area contributed by atoms with Crippen molar-refractivity contribution in [3.63, 3.8) is 0 Å². The van der Waals surface area contributed by atoms with E-state index >= 15 is 0 Å². The summed E-state index contributed by atoms with van der Waals surface area (Å²) in [5.74, 6) is 1.83. The van der Waals surface area contributed by atoms with Crippen LogP contribution in [0.4, 0.5) is 0 Å². The molecule has 0 saturated carbocycles. The second kappa shape index (κ2) is 13.3. The van der Waals surface area contributed by atoms with Gasteiger partial charge in [0.2, 0.25) is 0 Å². The molecule has 0 aliphatic rings. The highest BCUT2D eigenvalue weighted by molar-refractivity contribution is 7.25. The Morgan fingerprint density at radius 1 is 0.321 bits per heavy atom. The molecule has 0 bridgehead atoms. The third-order valence-electron chi connectivity index (χ3n) is 10.6. The van der Waals surface area contributed by atoms with Crippen molar-refractivity contribution >= 4 is 53.4 Å². The summed E-state index contributed by atoms with van der Waals surface area (Å²) in [5, 5.41) is 4.71. The Balaban J connectivity index is 1.01. The van der Waals surface area contributed by atoms with Crippen LogP contribution in [-0.4, -0.2) is 15.0 Å². The molecule has 5 heteroatoms. The average Bonchev–Trinajstić information content (AvgIpc) is 3.85. The van der Waals surface area contributed by atoms with E-state index in [2.05, 4.69) is 152 Å². The third-order valence-corrected chi connectivity index (χ3v) is 11.7. The lowest BCUT2D eigenvalue weighted by Crippen LogP contribution is -2.00. The number of hydrogen-bond acceptors (Lipinski definition) is 5. The first-order valence-electron chi connectivity index (χ1n) is 18.7. The lowest BCUT2D eigenvalue weighted by Gasteiger charge is -2.12. The average molecular weight is 734 g/mol. The molecule has 0 fully saturated rings. The van der Waals surface area contributed by atoms with Crippen molar-refractivity contribution in [3.05, 3.63) is 188 Å². The van der Waals surface area contributed by atoms with Gasteiger partial charge in [-0.2, -0.15) is 0 Å². The summed E-state index contributed by atoms with van der Waals surface area (Å²) in [6.45, 7) is 0. The van der Waals surface area contributed by atoms with E-state index in [1.54, 1.807) is 0 Å². The zero-order valence-corrected chi connectivity index (χ0v) is 30.9. The first kappa shape index (κ1) is 32.2. The predicted molar refractivity (Wildman–Crippen MR) is 233 cm³/mol. The van der Waals surface area contributed by atoms with Crippen molar-refractivity contribution in [1.82, 2.24) is 15.0 Å². The quantitative estimate of drug-likeness (QED) is 0.171. The highest BCUT2D eigenvalue weighted by Crippen LogP contribution is 2.43. The molecule has 11 aromatic rings. The van der Waals surface area contributed by atoms with Crippen molar-refractivity contribution in [2.45, 2.75) is 0 Å². The van der Waals surface area contributed by atoms with Crippen LogP contribution in [0.5, 0.6) is 0 Å². The summed E-state index contributed by atoms with van der Waals surface area (Å²) in [6.07, 6.45) is 0. The Bertz CT molecular complexity index is 3260. The van der Waals surface area contributed by atoms with Crippen LogP contribution in [-0.2, 0) is 0 Å². The van der Waals surface area contributed by atoms with Crippen molar-refractivity contribution in [3.8, 4) is 67.5 Å². The van der Waals surface area contributed by atoms with Gasteiger partial charge in [0, 0.05) is 47.6 Å². The Labute approximate surface area is 327 Å². The van der Waals surface area contributed by atoms with Crippen LogP contribution in [0.1, 0.15) is 0 Å². The number of hydrogen-bond donors (Lipinski definition) is 0. The van der Waals surface area contributed by atoms with Gasteiger partial charge in [-0.3, -0.25) is 0 Å². The maximum atomic E-state index is 6.66. The molecule has 3 heterocycles.